The van der Waals surface area contributed by atoms with Crippen molar-refractivity contribution < 1.29 is 13.7 Å². The second-order valence-corrected chi connectivity index (χ2v) is 5.98. The number of nitrogens with zero attached hydrogens (tertiary/aromatic N) is 3. The van der Waals surface area contributed by atoms with Gasteiger partial charge in [0.1, 0.15) is 17.8 Å². The third-order valence-corrected chi connectivity index (χ3v) is 4.11. The molecule has 0 atom stereocenters. The number of aromatic nitrogens is 3. The van der Waals surface area contributed by atoms with E-state index in [1.54, 1.807) is 18.2 Å². The lowest BCUT2D eigenvalue weighted by Gasteiger charge is -2.06. The first-order chi connectivity index (χ1) is 13.2. The summed E-state index contributed by atoms with van der Waals surface area (Å²) in [4.78, 5) is 20.6. The maximum Gasteiger partial charge on any atom is 0.226 e. The van der Waals surface area contributed by atoms with Crippen molar-refractivity contribution in [3.63, 3.8) is 0 Å². The molecule has 4 aromatic rings. The van der Waals surface area contributed by atoms with Crippen LogP contribution in [0.2, 0.25) is 0 Å². The highest BCUT2D eigenvalue weighted by Crippen LogP contribution is 2.19. The van der Waals surface area contributed by atoms with Crippen LogP contribution in [0.3, 0.4) is 0 Å². The minimum absolute atomic E-state index is 0.118. The standard InChI is InChI=1S/C20H15FN4O2/c21-14-7-5-13(6-8-14)17-9-15(23-12-24-17)11-22-20(26)10-18-16-3-1-2-4-19(16)27-25-18/h1-9,12H,10-11H2,(H,22,26). The monoisotopic (exact) mass is 362 g/mol. The minimum Gasteiger partial charge on any atom is -0.356 e. The summed E-state index contributed by atoms with van der Waals surface area (Å²) < 4.78 is 18.3. The summed E-state index contributed by atoms with van der Waals surface area (Å²) in [6.07, 6.45) is 1.54. The maximum atomic E-state index is 13.1. The Morgan fingerprint density at radius 1 is 1.07 bits per heavy atom. The van der Waals surface area contributed by atoms with E-state index in [-0.39, 0.29) is 24.7 Å². The molecule has 0 unspecified atom stereocenters. The Labute approximate surface area is 154 Å². The van der Waals surface area contributed by atoms with Crippen LogP contribution in [0.1, 0.15) is 11.4 Å². The molecule has 4 rings (SSSR count). The fourth-order valence-corrected chi connectivity index (χ4v) is 2.74. The van der Waals surface area contributed by atoms with E-state index in [2.05, 4.69) is 20.4 Å². The number of para-hydroxylation sites is 1. The topological polar surface area (TPSA) is 80.9 Å². The van der Waals surface area contributed by atoms with Crippen molar-refractivity contribution in [2.75, 3.05) is 0 Å². The zero-order valence-electron chi connectivity index (χ0n) is 14.2. The van der Waals surface area contributed by atoms with Crippen LogP contribution < -0.4 is 5.32 Å². The van der Waals surface area contributed by atoms with E-state index in [4.69, 9.17) is 4.52 Å². The van der Waals surface area contributed by atoms with E-state index in [9.17, 15) is 9.18 Å². The van der Waals surface area contributed by atoms with Crippen molar-refractivity contribution in [1.29, 1.82) is 0 Å². The van der Waals surface area contributed by atoms with E-state index in [1.807, 2.05) is 24.3 Å². The zero-order valence-corrected chi connectivity index (χ0v) is 14.2. The van der Waals surface area contributed by atoms with Crippen molar-refractivity contribution in [3.8, 4) is 11.3 Å². The first kappa shape index (κ1) is 16.8. The highest BCUT2D eigenvalue weighted by molar-refractivity contribution is 5.86. The number of carbonyl (C=O) groups is 1. The van der Waals surface area contributed by atoms with Gasteiger partial charge in [-0.15, -0.1) is 0 Å². The molecule has 2 aromatic carbocycles. The summed E-state index contributed by atoms with van der Waals surface area (Å²) in [5.74, 6) is -0.489. The van der Waals surface area contributed by atoms with Gasteiger partial charge in [-0.2, -0.15) is 0 Å². The quantitative estimate of drug-likeness (QED) is 0.589. The van der Waals surface area contributed by atoms with Crippen LogP contribution in [0.4, 0.5) is 4.39 Å². The molecule has 0 bridgehead atoms. The Morgan fingerprint density at radius 3 is 2.74 bits per heavy atom. The number of hydrogen-bond acceptors (Lipinski definition) is 5. The number of amides is 1. The van der Waals surface area contributed by atoms with Crippen molar-refractivity contribution >= 4 is 16.9 Å². The number of benzene rings is 2. The Balaban J connectivity index is 1.42. The number of hydrogen-bond donors (Lipinski definition) is 1. The molecule has 7 heteroatoms. The van der Waals surface area contributed by atoms with Crippen LogP contribution in [0.25, 0.3) is 22.2 Å². The third kappa shape index (κ3) is 3.82. The largest absolute Gasteiger partial charge is 0.356 e. The van der Waals surface area contributed by atoms with Crippen LogP contribution in [0, 0.1) is 5.82 Å². The van der Waals surface area contributed by atoms with Gasteiger partial charge in [-0.3, -0.25) is 4.79 Å². The number of rotatable bonds is 5. The van der Waals surface area contributed by atoms with Crippen LogP contribution in [-0.4, -0.2) is 21.0 Å². The second-order valence-electron chi connectivity index (χ2n) is 5.98. The lowest BCUT2D eigenvalue weighted by Crippen LogP contribution is -2.25. The molecule has 27 heavy (non-hydrogen) atoms. The molecule has 0 aliphatic heterocycles. The van der Waals surface area contributed by atoms with Crippen molar-refractivity contribution in [3.05, 3.63) is 78.1 Å². The van der Waals surface area contributed by atoms with Gasteiger partial charge in [-0.05, 0) is 42.5 Å². The molecule has 134 valence electrons. The maximum absolute atomic E-state index is 13.1. The summed E-state index contributed by atoms with van der Waals surface area (Å²) >= 11 is 0. The van der Waals surface area contributed by atoms with Gasteiger partial charge in [0, 0.05) is 10.9 Å². The first-order valence-electron chi connectivity index (χ1n) is 8.36. The summed E-state index contributed by atoms with van der Waals surface area (Å²) in [5, 5.41) is 7.61. The smallest absolute Gasteiger partial charge is 0.226 e. The van der Waals surface area contributed by atoms with Crippen molar-refractivity contribution in [2.45, 2.75) is 13.0 Å². The molecule has 2 heterocycles. The van der Waals surface area contributed by atoms with E-state index < -0.39 is 0 Å². The molecule has 0 radical (unpaired) electrons. The van der Waals surface area contributed by atoms with Crippen LogP contribution >= 0.6 is 0 Å². The van der Waals surface area contributed by atoms with Gasteiger partial charge < -0.3 is 9.84 Å². The average Bonchev–Trinajstić information content (AvgIpc) is 3.10. The highest BCUT2D eigenvalue weighted by atomic mass is 19.1. The first-order valence-corrected chi connectivity index (χ1v) is 8.36. The van der Waals surface area contributed by atoms with Gasteiger partial charge >= 0.3 is 0 Å². The number of carbonyl (C=O) groups excluding carboxylic acids is 1. The van der Waals surface area contributed by atoms with Gasteiger partial charge in [-0.25, -0.2) is 14.4 Å². The summed E-state index contributed by atoms with van der Waals surface area (Å²) in [5.41, 5.74) is 3.35. The summed E-state index contributed by atoms with van der Waals surface area (Å²) in [6, 6.07) is 15.2. The number of nitrogens with one attached hydrogen (secondary N) is 1. The Morgan fingerprint density at radius 2 is 1.89 bits per heavy atom. The molecule has 2 aromatic heterocycles. The van der Waals surface area contributed by atoms with Crippen LogP contribution in [-0.2, 0) is 17.8 Å². The van der Waals surface area contributed by atoms with Crippen LogP contribution in [0.5, 0.6) is 0 Å². The SMILES string of the molecule is O=C(Cc1noc2ccccc12)NCc1cc(-c2ccc(F)cc2)ncn1. The number of fused-ring (bicyclic) bond motifs is 1. The molecule has 1 N–H and O–H groups in total. The predicted molar refractivity (Wildman–Crippen MR) is 97.0 cm³/mol. The lowest BCUT2D eigenvalue weighted by molar-refractivity contribution is -0.120. The van der Waals surface area contributed by atoms with Gasteiger partial charge in [0.25, 0.3) is 0 Å². The summed E-state index contributed by atoms with van der Waals surface area (Å²) in [7, 11) is 0. The van der Waals surface area contributed by atoms with Crippen LogP contribution in [0.15, 0.2) is 65.4 Å². The van der Waals surface area contributed by atoms with Gasteiger partial charge in [0.15, 0.2) is 5.58 Å². The zero-order chi connectivity index (χ0) is 18.6. The molecule has 0 aliphatic carbocycles. The molecule has 0 fully saturated rings. The third-order valence-electron chi connectivity index (χ3n) is 4.11. The Bertz CT molecular complexity index is 1090. The fraction of sp³-hybridized carbons (Fsp3) is 0.100. The fourth-order valence-electron chi connectivity index (χ4n) is 2.74. The molecule has 0 aliphatic rings. The molecular weight excluding hydrogens is 347 g/mol. The van der Waals surface area contributed by atoms with E-state index in [0.717, 1.165) is 10.9 Å². The normalized spacial score (nSPS) is 10.9. The molecule has 6 nitrogen and oxygen atoms in total. The van der Waals surface area contributed by atoms with Gasteiger partial charge in [-0.1, -0.05) is 17.3 Å². The minimum atomic E-state index is -0.305. The second kappa shape index (κ2) is 7.33. The molecule has 1 amide bonds. The highest BCUT2D eigenvalue weighted by Gasteiger charge is 2.12. The molecule has 0 spiro atoms. The summed E-state index contributed by atoms with van der Waals surface area (Å²) in [6.45, 7) is 0.255. The Kier molecular flexibility index (Phi) is 4.57. The molecule has 0 saturated heterocycles. The molecular formula is C20H15FN4O2. The Hall–Kier alpha value is -3.61. The van der Waals surface area contributed by atoms with Crippen molar-refractivity contribution in [1.82, 2.24) is 20.4 Å². The van der Waals surface area contributed by atoms with E-state index >= 15 is 0 Å². The van der Waals surface area contributed by atoms with Crippen molar-refractivity contribution in [2.24, 2.45) is 0 Å². The predicted octanol–water partition coefficient (Wildman–Crippen LogP) is 3.28. The average molecular weight is 362 g/mol. The lowest BCUT2D eigenvalue weighted by atomic mass is 10.1. The molecule has 0 saturated carbocycles. The van der Waals surface area contributed by atoms with E-state index in [0.29, 0.717) is 22.7 Å². The van der Waals surface area contributed by atoms with Gasteiger partial charge in [0.05, 0.1) is 24.4 Å². The van der Waals surface area contributed by atoms with E-state index in [1.165, 1.54) is 18.5 Å². The number of halogens is 1. The van der Waals surface area contributed by atoms with Gasteiger partial charge in [0.2, 0.25) is 5.91 Å².